The monoisotopic (exact) mass is 212 g/mol. The van der Waals surface area contributed by atoms with Crippen LogP contribution in [0.15, 0.2) is 34.6 Å². The highest BCUT2D eigenvalue weighted by Crippen LogP contribution is 2.22. The van der Waals surface area contributed by atoms with Gasteiger partial charge in [-0.1, -0.05) is 17.4 Å². The number of benzene rings is 1. The van der Waals surface area contributed by atoms with Crippen LogP contribution >= 0.6 is 0 Å². The zero-order valence-corrected chi connectivity index (χ0v) is 7.76. The summed E-state index contributed by atoms with van der Waals surface area (Å²) in [6, 6.07) is 6.00. The number of nitro groups is 1. The summed E-state index contributed by atoms with van der Waals surface area (Å²) >= 11 is 0. The third-order valence-electron chi connectivity index (χ3n) is 1.53. The molecule has 0 aliphatic rings. The summed E-state index contributed by atoms with van der Waals surface area (Å²) in [7, 11) is 0. The fraction of sp³-hybridized carbons (Fsp3) is 0.250. The zero-order valence-electron chi connectivity index (χ0n) is 7.76. The molecule has 1 N–H and O–H groups in total. The number of alkyl halides is 1. The van der Waals surface area contributed by atoms with Gasteiger partial charge in [0.1, 0.15) is 12.4 Å². The molecule has 80 valence electrons. The second-order valence-corrected chi connectivity index (χ2v) is 2.54. The molecule has 0 aromatic heterocycles. The van der Waals surface area contributed by atoms with E-state index in [2.05, 4.69) is 15.8 Å². The number of nitrogens with one attached hydrogen (secondary N) is 1. The molecular weight excluding hydrogens is 203 g/mol. The van der Waals surface area contributed by atoms with Gasteiger partial charge < -0.3 is 0 Å². The van der Waals surface area contributed by atoms with E-state index < -0.39 is 11.6 Å². The van der Waals surface area contributed by atoms with Gasteiger partial charge in [-0.25, -0.2) is 4.39 Å². The molecule has 0 heterocycles. The van der Waals surface area contributed by atoms with Crippen molar-refractivity contribution in [3.8, 4) is 0 Å². The quantitative estimate of drug-likeness (QED) is 0.462. The van der Waals surface area contributed by atoms with E-state index in [0.29, 0.717) is 0 Å². The topological polar surface area (TPSA) is 79.9 Å². The Balaban J connectivity index is 2.71. The highest BCUT2D eigenvalue weighted by molar-refractivity contribution is 5.60. The molecule has 0 atom stereocenters. The average Bonchev–Trinajstić information content (AvgIpc) is 2.25. The largest absolute Gasteiger partial charge is 0.294 e. The van der Waals surface area contributed by atoms with Gasteiger partial charge in [-0.15, -0.1) is 0 Å². The molecule has 0 amide bonds. The molecule has 1 aromatic rings. The van der Waals surface area contributed by atoms with E-state index in [9.17, 15) is 14.5 Å². The Hall–Kier alpha value is -2.05. The van der Waals surface area contributed by atoms with Crippen LogP contribution in [-0.4, -0.2) is 18.1 Å². The molecule has 0 saturated carbocycles. The summed E-state index contributed by atoms with van der Waals surface area (Å²) in [5, 5.41) is 17.4. The molecule has 7 heteroatoms. The average molecular weight is 212 g/mol. The SMILES string of the molecule is O=[N+]([O-])c1ccccc1NN=NCCF. The molecule has 0 bridgehead atoms. The van der Waals surface area contributed by atoms with Gasteiger partial charge in [0.15, 0.2) is 0 Å². The van der Waals surface area contributed by atoms with E-state index in [1.165, 1.54) is 12.1 Å². The minimum Gasteiger partial charge on any atom is -0.258 e. The Morgan fingerprint density at radius 1 is 1.47 bits per heavy atom. The maximum absolute atomic E-state index is 11.6. The number of hydrogen-bond acceptors (Lipinski definition) is 4. The van der Waals surface area contributed by atoms with Gasteiger partial charge in [-0.2, -0.15) is 5.11 Å². The Bertz CT molecular complexity index is 369. The second-order valence-electron chi connectivity index (χ2n) is 2.54. The van der Waals surface area contributed by atoms with Crippen molar-refractivity contribution in [3.05, 3.63) is 34.4 Å². The Kier molecular flexibility index (Phi) is 4.14. The molecule has 0 spiro atoms. The first-order valence-electron chi connectivity index (χ1n) is 4.17. The van der Waals surface area contributed by atoms with E-state index in [1.54, 1.807) is 12.1 Å². The molecule has 15 heavy (non-hydrogen) atoms. The molecule has 0 aliphatic carbocycles. The van der Waals surface area contributed by atoms with Crippen LogP contribution in [0.25, 0.3) is 0 Å². The molecule has 6 nitrogen and oxygen atoms in total. The summed E-state index contributed by atoms with van der Waals surface area (Å²) in [6.45, 7) is -0.671. The Labute approximate surface area is 84.9 Å². The van der Waals surface area contributed by atoms with E-state index in [1.807, 2.05) is 0 Å². The number of anilines is 1. The molecule has 0 unspecified atom stereocenters. The standard InChI is InChI=1S/C8H9FN4O2/c9-5-6-10-12-11-7-3-1-2-4-8(7)13(14)15/h1-4H,5-6H2,(H,10,11). The first-order valence-corrected chi connectivity index (χ1v) is 4.17. The first kappa shape index (κ1) is 11.0. The van der Waals surface area contributed by atoms with Gasteiger partial charge in [0, 0.05) is 6.07 Å². The minimum absolute atomic E-state index is 0.0619. The molecule has 1 aromatic carbocycles. The molecule has 1 rings (SSSR count). The third-order valence-corrected chi connectivity index (χ3v) is 1.53. The third kappa shape index (κ3) is 3.29. The number of hydrogen-bond donors (Lipinski definition) is 1. The lowest BCUT2D eigenvalue weighted by Gasteiger charge is -1.99. The van der Waals surface area contributed by atoms with Crippen LogP contribution in [0.4, 0.5) is 15.8 Å². The number of para-hydroxylation sites is 2. The lowest BCUT2D eigenvalue weighted by molar-refractivity contribution is -0.384. The van der Waals surface area contributed by atoms with Gasteiger partial charge in [-0.3, -0.25) is 15.5 Å². The fourth-order valence-electron chi connectivity index (χ4n) is 0.904. The normalized spacial score (nSPS) is 10.5. The van der Waals surface area contributed by atoms with E-state index in [-0.39, 0.29) is 17.9 Å². The summed E-state index contributed by atoms with van der Waals surface area (Å²) in [5.41, 5.74) is 2.51. The van der Waals surface area contributed by atoms with E-state index in [0.717, 1.165) is 0 Å². The fourth-order valence-corrected chi connectivity index (χ4v) is 0.904. The van der Waals surface area contributed by atoms with Gasteiger partial charge in [0.25, 0.3) is 5.69 Å². The second kappa shape index (κ2) is 5.63. The van der Waals surface area contributed by atoms with Crippen LogP contribution in [0.5, 0.6) is 0 Å². The van der Waals surface area contributed by atoms with E-state index >= 15 is 0 Å². The predicted octanol–water partition coefficient (Wildman–Crippen LogP) is 2.34. The molecule has 0 aliphatic heterocycles. The maximum Gasteiger partial charge on any atom is 0.294 e. The van der Waals surface area contributed by atoms with Crippen LogP contribution in [0.1, 0.15) is 0 Å². The van der Waals surface area contributed by atoms with Crippen molar-refractivity contribution in [3.63, 3.8) is 0 Å². The molecular formula is C8H9FN4O2. The van der Waals surface area contributed by atoms with Crippen molar-refractivity contribution in [2.45, 2.75) is 0 Å². The summed E-state index contributed by atoms with van der Waals surface area (Å²) in [6.07, 6.45) is 0. The van der Waals surface area contributed by atoms with Crippen molar-refractivity contribution in [1.29, 1.82) is 0 Å². The lowest BCUT2D eigenvalue weighted by Crippen LogP contribution is -1.95. The highest BCUT2D eigenvalue weighted by atomic mass is 19.1. The smallest absolute Gasteiger partial charge is 0.258 e. The first-order chi connectivity index (χ1) is 7.25. The van der Waals surface area contributed by atoms with Crippen LogP contribution in [-0.2, 0) is 0 Å². The van der Waals surface area contributed by atoms with Crippen LogP contribution < -0.4 is 5.43 Å². The lowest BCUT2D eigenvalue weighted by atomic mass is 10.3. The minimum atomic E-state index is -0.609. The zero-order chi connectivity index (χ0) is 11.1. The van der Waals surface area contributed by atoms with Gasteiger partial charge in [0.05, 0.1) is 11.5 Å². The van der Waals surface area contributed by atoms with Crippen molar-refractivity contribution >= 4 is 11.4 Å². The van der Waals surface area contributed by atoms with Crippen molar-refractivity contribution < 1.29 is 9.31 Å². The molecule has 0 radical (unpaired) electrons. The van der Waals surface area contributed by atoms with Crippen molar-refractivity contribution in [2.75, 3.05) is 18.6 Å². The summed E-state index contributed by atoms with van der Waals surface area (Å²) in [5.74, 6) is 0. The number of nitrogens with zero attached hydrogens (tertiary/aromatic N) is 3. The van der Waals surface area contributed by atoms with Crippen molar-refractivity contribution in [2.24, 2.45) is 10.3 Å². The Morgan fingerprint density at radius 2 is 2.20 bits per heavy atom. The summed E-state index contributed by atoms with van der Waals surface area (Å²) in [4.78, 5) is 10.0. The molecule has 0 saturated heterocycles. The van der Waals surface area contributed by atoms with E-state index in [4.69, 9.17) is 0 Å². The van der Waals surface area contributed by atoms with Crippen LogP contribution in [0, 0.1) is 10.1 Å². The van der Waals surface area contributed by atoms with Crippen LogP contribution in [0.3, 0.4) is 0 Å². The van der Waals surface area contributed by atoms with Crippen LogP contribution in [0.2, 0.25) is 0 Å². The predicted molar refractivity (Wildman–Crippen MR) is 52.4 cm³/mol. The van der Waals surface area contributed by atoms with Gasteiger partial charge in [-0.05, 0) is 6.07 Å². The number of rotatable bonds is 5. The van der Waals surface area contributed by atoms with Crippen molar-refractivity contribution in [1.82, 2.24) is 0 Å². The van der Waals surface area contributed by atoms with Gasteiger partial charge in [0.2, 0.25) is 0 Å². The Morgan fingerprint density at radius 3 is 2.87 bits per heavy atom. The number of nitro benzene ring substituents is 1. The number of halogens is 1. The molecule has 0 fully saturated rings. The highest BCUT2D eigenvalue weighted by Gasteiger charge is 2.10. The maximum atomic E-state index is 11.6. The van der Waals surface area contributed by atoms with Gasteiger partial charge >= 0.3 is 0 Å². The summed E-state index contributed by atoms with van der Waals surface area (Å²) < 4.78 is 11.6.